The highest BCUT2D eigenvalue weighted by Gasteiger charge is 2.19. The van der Waals surface area contributed by atoms with Crippen molar-refractivity contribution in [2.75, 3.05) is 33.3 Å². The number of ether oxygens (including phenoxy) is 1. The topological polar surface area (TPSA) is 71.8 Å². The summed E-state index contributed by atoms with van der Waals surface area (Å²) in [5.41, 5.74) is 2.87. The number of morpholine rings is 1. The molecular formula is C15H21N5O2. The Kier molecular flexibility index (Phi) is 4.08. The summed E-state index contributed by atoms with van der Waals surface area (Å²) in [6.45, 7) is 6.78. The number of likely N-dealkylation sites (N-methyl/N-ethyl adjacent to an activating group) is 1. The monoisotopic (exact) mass is 303 g/mol. The van der Waals surface area contributed by atoms with Crippen LogP contribution in [0.1, 0.15) is 21.9 Å². The summed E-state index contributed by atoms with van der Waals surface area (Å²) >= 11 is 0. The molecule has 1 fully saturated rings. The number of fused-ring (bicyclic) bond motifs is 1. The molecule has 2 aromatic rings. The third-order valence-corrected chi connectivity index (χ3v) is 3.79. The average molecular weight is 303 g/mol. The lowest BCUT2D eigenvalue weighted by atomic mass is 10.2. The van der Waals surface area contributed by atoms with Gasteiger partial charge in [-0.2, -0.15) is 5.10 Å². The van der Waals surface area contributed by atoms with E-state index in [4.69, 9.17) is 4.74 Å². The van der Waals surface area contributed by atoms with E-state index in [0.717, 1.165) is 24.5 Å². The molecule has 0 radical (unpaired) electrons. The largest absolute Gasteiger partial charge is 0.374 e. The SMILES string of the molecule is Cc1cc2nc(C(=O)NCC3CN(C)CCO3)cc(C)n2n1. The second kappa shape index (κ2) is 6.02. The first-order valence-corrected chi connectivity index (χ1v) is 7.45. The lowest BCUT2D eigenvalue weighted by molar-refractivity contribution is -0.0175. The van der Waals surface area contributed by atoms with E-state index in [1.54, 1.807) is 10.6 Å². The molecule has 118 valence electrons. The molecule has 1 amide bonds. The Morgan fingerprint density at radius 1 is 1.45 bits per heavy atom. The minimum atomic E-state index is -0.179. The zero-order chi connectivity index (χ0) is 15.7. The molecule has 1 saturated heterocycles. The molecule has 0 saturated carbocycles. The van der Waals surface area contributed by atoms with Gasteiger partial charge in [-0.25, -0.2) is 9.50 Å². The summed E-state index contributed by atoms with van der Waals surface area (Å²) in [5.74, 6) is -0.179. The van der Waals surface area contributed by atoms with E-state index in [1.165, 1.54) is 0 Å². The summed E-state index contributed by atoms with van der Waals surface area (Å²) in [6, 6.07) is 3.62. The first kappa shape index (κ1) is 14.9. The molecule has 1 aliphatic rings. The van der Waals surface area contributed by atoms with Crippen LogP contribution < -0.4 is 5.32 Å². The molecule has 1 unspecified atom stereocenters. The maximum Gasteiger partial charge on any atom is 0.270 e. The highest BCUT2D eigenvalue weighted by molar-refractivity contribution is 5.92. The predicted octanol–water partition coefficient (Wildman–Crippen LogP) is 0.407. The van der Waals surface area contributed by atoms with E-state index >= 15 is 0 Å². The van der Waals surface area contributed by atoms with Crippen LogP contribution in [0.4, 0.5) is 0 Å². The molecule has 3 heterocycles. The molecule has 22 heavy (non-hydrogen) atoms. The summed E-state index contributed by atoms with van der Waals surface area (Å²) in [4.78, 5) is 18.9. The normalized spacial score (nSPS) is 19.5. The standard InChI is InChI=1S/C15H21N5O2/c1-10-6-14-17-13(7-11(2)20(14)18-10)15(21)16-8-12-9-19(3)4-5-22-12/h6-7,12H,4-5,8-9H2,1-3H3,(H,16,21). The Bertz CT molecular complexity index is 697. The fraction of sp³-hybridized carbons (Fsp3) is 0.533. The van der Waals surface area contributed by atoms with E-state index in [9.17, 15) is 4.79 Å². The summed E-state index contributed by atoms with van der Waals surface area (Å²) < 4.78 is 7.38. The van der Waals surface area contributed by atoms with Crippen LogP contribution >= 0.6 is 0 Å². The number of hydrogen-bond donors (Lipinski definition) is 1. The van der Waals surface area contributed by atoms with Crippen molar-refractivity contribution in [3.8, 4) is 0 Å². The summed E-state index contributed by atoms with van der Waals surface area (Å²) in [6.07, 6.45) is 0.0322. The molecule has 1 N–H and O–H groups in total. The molecule has 0 aromatic carbocycles. The van der Waals surface area contributed by atoms with Gasteiger partial charge in [0.1, 0.15) is 5.69 Å². The van der Waals surface area contributed by atoms with Crippen LogP contribution in [0.5, 0.6) is 0 Å². The maximum atomic E-state index is 12.3. The molecule has 0 aliphatic carbocycles. The average Bonchev–Trinajstić information content (AvgIpc) is 2.86. The molecule has 2 aromatic heterocycles. The summed E-state index contributed by atoms with van der Waals surface area (Å²) in [7, 11) is 2.05. The molecule has 3 rings (SSSR count). The maximum absolute atomic E-state index is 12.3. The van der Waals surface area contributed by atoms with Crippen LogP contribution in [0.15, 0.2) is 12.1 Å². The van der Waals surface area contributed by atoms with Gasteiger partial charge in [0.2, 0.25) is 0 Å². The molecule has 0 spiro atoms. The van der Waals surface area contributed by atoms with E-state index < -0.39 is 0 Å². The van der Waals surface area contributed by atoms with Gasteiger partial charge in [-0.05, 0) is 27.0 Å². The number of carbonyl (C=O) groups is 1. The number of amides is 1. The number of aromatic nitrogens is 3. The van der Waals surface area contributed by atoms with Crippen molar-refractivity contribution in [1.29, 1.82) is 0 Å². The quantitative estimate of drug-likeness (QED) is 0.889. The van der Waals surface area contributed by atoms with Crippen LogP contribution in [0, 0.1) is 13.8 Å². The zero-order valence-corrected chi connectivity index (χ0v) is 13.2. The highest BCUT2D eigenvalue weighted by atomic mass is 16.5. The Morgan fingerprint density at radius 3 is 3.05 bits per heavy atom. The number of rotatable bonds is 3. The Balaban J connectivity index is 1.69. The minimum absolute atomic E-state index is 0.0322. The number of carbonyl (C=O) groups excluding carboxylic acids is 1. The third kappa shape index (κ3) is 3.10. The number of nitrogens with one attached hydrogen (secondary N) is 1. The summed E-state index contributed by atoms with van der Waals surface area (Å²) in [5, 5.41) is 7.24. The number of hydrogen-bond acceptors (Lipinski definition) is 5. The van der Waals surface area contributed by atoms with Crippen molar-refractivity contribution < 1.29 is 9.53 Å². The van der Waals surface area contributed by atoms with Gasteiger partial charge in [-0.3, -0.25) is 4.79 Å². The Hall–Kier alpha value is -1.99. The van der Waals surface area contributed by atoms with Crippen molar-refractivity contribution in [2.45, 2.75) is 20.0 Å². The van der Waals surface area contributed by atoms with Crippen LogP contribution in [0.3, 0.4) is 0 Å². The Labute approximate surface area is 129 Å². The van der Waals surface area contributed by atoms with Gasteiger partial charge in [0.15, 0.2) is 5.65 Å². The van der Waals surface area contributed by atoms with Gasteiger partial charge in [0.05, 0.1) is 18.4 Å². The molecule has 7 nitrogen and oxygen atoms in total. The molecule has 7 heteroatoms. The second-order valence-electron chi connectivity index (χ2n) is 5.80. The van der Waals surface area contributed by atoms with Crippen LogP contribution in [0.25, 0.3) is 5.65 Å². The highest BCUT2D eigenvalue weighted by Crippen LogP contribution is 2.09. The lowest BCUT2D eigenvalue weighted by Gasteiger charge is -2.30. The first-order valence-electron chi connectivity index (χ1n) is 7.45. The van der Waals surface area contributed by atoms with E-state index in [1.807, 2.05) is 19.9 Å². The molecular weight excluding hydrogens is 282 g/mol. The zero-order valence-electron chi connectivity index (χ0n) is 13.2. The van der Waals surface area contributed by atoms with Gasteiger partial charge in [-0.1, -0.05) is 0 Å². The van der Waals surface area contributed by atoms with Gasteiger partial charge < -0.3 is 15.0 Å². The van der Waals surface area contributed by atoms with Gasteiger partial charge >= 0.3 is 0 Å². The van der Waals surface area contributed by atoms with Crippen molar-refractivity contribution in [1.82, 2.24) is 24.8 Å². The molecule has 1 atom stereocenters. The second-order valence-corrected chi connectivity index (χ2v) is 5.80. The van der Waals surface area contributed by atoms with Crippen LogP contribution in [-0.2, 0) is 4.74 Å². The van der Waals surface area contributed by atoms with Gasteiger partial charge in [-0.15, -0.1) is 0 Å². The van der Waals surface area contributed by atoms with E-state index in [2.05, 4.69) is 27.3 Å². The fourth-order valence-electron chi connectivity index (χ4n) is 2.64. The van der Waals surface area contributed by atoms with Crippen LogP contribution in [-0.4, -0.2) is 64.8 Å². The van der Waals surface area contributed by atoms with Crippen molar-refractivity contribution in [3.05, 3.63) is 29.2 Å². The predicted molar refractivity (Wildman–Crippen MR) is 82.0 cm³/mol. The fourth-order valence-corrected chi connectivity index (χ4v) is 2.64. The number of aryl methyl sites for hydroxylation is 2. The van der Waals surface area contributed by atoms with Gasteiger partial charge in [0, 0.05) is 31.4 Å². The van der Waals surface area contributed by atoms with Crippen LogP contribution in [0.2, 0.25) is 0 Å². The molecule has 1 aliphatic heterocycles. The molecule has 0 bridgehead atoms. The van der Waals surface area contributed by atoms with Crippen molar-refractivity contribution >= 4 is 11.6 Å². The van der Waals surface area contributed by atoms with E-state index in [0.29, 0.717) is 24.5 Å². The first-order chi connectivity index (χ1) is 10.5. The van der Waals surface area contributed by atoms with Crippen molar-refractivity contribution in [2.24, 2.45) is 0 Å². The van der Waals surface area contributed by atoms with E-state index in [-0.39, 0.29) is 12.0 Å². The third-order valence-electron chi connectivity index (χ3n) is 3.79. The lowest BCUT2D eigenvalue weighted by Crippen LogP contribution is -2.46. The number of nitrogens with zero attached hydrogens (tertiary/aromatic N) is 4. The van der Waals surface area contributed by atoms with Gasteiger partial charge in [0.25, 0.3) is 5.91 Å². The Morgan fingerprint density at radius 2 is 2.27 bits per heavy atom. The smallest absolute Gasteiger partial charge is 0.270 e. The minimum Gasteiger partial charge on any atom is -0.374 e. The van der Waals surface area contributed by atoms with Crippen molar-refractivity contribution in [3.63, 3.8) is 0 Å².